The molecule has 0 radical (unpaired) electrons. The quantitative estimate of drug-likeness (QED) is 0.644. The van der Waals surface area contributed by atoms with E-state index in [0.29, 0.717) is 6.54 Å². The van der Waals surface area contributed by atoms with Crippen molar-refractivity contribution in [3.05, 3.63) is 62.3 Å². The van der Waals surface area contributed by atoms with E-state index in [1.807, 2.05) is 5.38 Å². The lowest BCUT2D eigenvalue weighted by Gasteiger charge is -2.27. The summed E-state index contributed by atoms with van der Waals surface area (Å²) in [6.07, 6.45) is 2.33. The maximum atomic E-state index is 12.4. The zero-order valence-electron chi connectivity index (χ0n) is 13.2. The van der Waals surface area contributed by atoms with Gasteiger partial charge < -0.3 is 5.32 Å². The lowest BCUT2D eigenvalue weighted by molar-refractivity contribution is -0.385. The highest BCUT2D eigenvalue weighted by molar-refractivity contribution is 7.07. The molecule has 0 spiro atoms. The van der Waals surface area contributed by atoms with E-state index < -0.39 is 10.8 Å². The van der Waals surface area contributed by atoms with Gasteiger partial charge in [0.15, 0.2) is 0 Å². The van der Waals surface area contributed by atoms with Crippen molar-refractivity contribution in [2.75, 3.05) is 19.6 Å². The van der Waals surface area contributed by atoms with Gasteiger partial charge in [0.05, 0.1) is 11.0 Å². The van der Waals surface area contributed by atoms with Crippen LogP contribution in [0.2, 0.25) is 0 Å². The van der Waals surface area contributed by atoms with Crippen LogP contribution in [-0.4, -0.2) is 35.4 Å². The number of amides is 1. The van der Waals surface area contributed by atoms with E-state index in [1.54, 1.807) is 23.5 Å². The minimum absolute atomic E-state index is 0.105. The van der Waals surface area contributed by atoms with E-state index in [-0.39, 0.29) is 17.3 Å². The first kappa shape index (κ1) is 16.6. The highest BCUT2D eigenvalue weighted by Crippen LogP contribution is 2.26. The van der Waals surface area contributed by atoms with E-state index >= 15 is 0 Å². The molecular formula is C17H19N3O3S. The smallest absolute Gasteiger partial charge is 0.282 e. The van der Waals surface area contributed by atoms with Crippen LogP contribution in [0.25, 0.3) is 0 Å². The van der Waals surface area contributed by atoms with Crippen LogP contribution >= 0.6 is 11.3 Å². The van der Waals surface area contributed by atoms with Gasteiger partial charge in [0.1, 0.15) is 5.56 Å². The Morgan fingerprint density at radius 3 is 2.71 bits per heavy atom. The molecule has 2 heterocycles. The number of rotatable bonds is 6. The number of likely N-dealkylation sites (tertiary alicyclic amines) is 1. The van der Waals surface area contributed by atoms with E-state index in [9.17, 15) is 14.9 Å². The van der Waals surface area contributed by atoms with Crippen molar-refractivity contribution in [1.29, 1.82) is 0 Å². The average molecular weight is 345 g/mol. The SMILES string of the molecule is O=C(NCC(c1ccsc1)N1CCCC1)c1ccccc1[N+](=O)[O-]. The number of carbonyl (C=O) groups excluding carboxylic acids is 1. The predicted octanol–water partition coefficient (Wildman–Crippen LogP) is 3.22. The summed E-state index contributed by atoms with van der Waals surface area (Å²) in [4.78, 5) is 25.3. The van der Waals surface area contributed by atoms with Crippen LogP contribution in [0.3, 0.4) is 0 Å². The number of nitro groups is 1. The van der Waals surface area contributed by atoms with Gasteiger partial charge in [-0.25, -0.2) is 0 Å². The minimum atomic E-state index is -0.522. The number of thiophene rings is 1. The Labute approximate surface area is 144 Å². The molecule has 1 N–H and O–H groups in total. The molecule has 3 rings (SSSR count). The summed E-state index contributed by atoms with van der Waals surface area (Å²) in [5.41, 5.74) is 1.13. The fourth-order valence-corrected chi connectivity index (χ4v) is 3.79. The van der Waals surface area contributed by atoms with Gasteiger partial charge in [0.2, 0.25) is 0 Å². The summed E-state index contributed by atoms with van der Waals surface area (Å²) in [5, 5.41) is 18.1. The van der Waals surface area contributed by atoms with Gasteiger partial charge in [-0.15, -0.1) is 0 Å². The lowest BCUT2D eigenvalue weighted by atomic mass is 10.1. The Morgan fingerprint density at radius 1 is 1.29 bits per heavy atom. The molecule has 1 amide bonds. The third-order valence-corrected chi connectivity index (χ3v) is 5.01. The number of nitrogens with one attached hydrogen (secondary N) is 1. The second kappa shape index (κ2) is 7.55. The summed E-state index contributed by atoms with van der Waals surface area (Å²) in [6, 6.07) is 8.23. The average Bonchev–Trinajstić information content (AvgIpc) is 3.29. The maximum absolute atomic E-state index is 12.4. The predicted molar refractivity (Wildman–Crippen MR) is 93.3 cm³/mol. The third kappa shape index (κ3) is 3.63. The molecule has 1 saturated heterocycles. The Kier molecular flexibility index (Phi) is 5.22. The van der Waals surface area contributed by atoms with Gasteiger partial charge in [0, 0.05) is 12.6 Å². The van der Waals surface area contributed by atoms with Crippen molar-refractivity contribution in [2.24, 2.45) is 0 Å². The van der Waals surface area contributed by atoms with Crippen LogP contribution < -0.4 is 5.32 Å². The molecule has 7 heteroatoms. The van der Waals surface area contributed by atoms with Gasteiger partial charge in [-0.1, -0.05) is 12.1 Å². The standard InChI is InChI=1S/C17H19N3O3S/c21-17(14-5-1-2-6-15(14)20(22)23)18-11-16(13-7-10-24-12-13)19-8-3-4-9-19/h1-2,5-7,10,12,16H,3-4,8-9,11H2,(H,18,21). The van der Waals surface area contributed by atoms with Gasteiger partial charge in [-0.2, -0.15) is 11.3 Å². The summed E-state index contributed by atoms with van der Waals surface area (Å²) in [5.74, 6) is -0.401. The van der Waals surface area contributed by atoms with Crippen molar-refractivity contribution >= 4 is 22.9 Å². The fourth-order valence-electron chi connectivity index (χ4n) is 3.09. The number of para-hydroxylation sites is 1. The molecule has 1 aliphatic rings. The first-order chi connectivity index (χ1) is 11.7. The Bertz CT molecular complexity index is 712. The van der Waals surface area contributed by atoms with Crippen LogP contribution in [0, 0.1) is 10.1 Å². The third-order valence-electron chi connectivity index (χ3n) is 4.31. The lowest BCUT2D eigenvalue weighted by Crippen LogP contribution is -2.36. The van der Waals surface area contributed by atoms with Crippen molar-refractivity contribution in [1.82, 2.24) is 10.2 Å². The van der Waals surface area contributed by atoms with Crippen LogP contribution in [0.4, 0.5) is 5.69 Å². The highest BCUT2D eigenvalue weighted by atomic mass is 32.1. The molecule has 1 aromatic heterocycles. The number of carbonyl (C=O) groups is 1. The van der Waals surface area contributed by atoms with Crippen LogP contribution in [0.1, 0.15) is 34.8 Å². The highest BCUT2D eigenvalue weighted by Gasteiger charge is 2.25. The molecule has 24 heavy (non-hydrogen) atoms. The van der Waals surface area contributed by atoms with E-state index in [2.05, 4.69) is 21.7 Å². The fraction of sp³-hybridized carbons (Fsp3) is 0.353. The van der Waals surface area contributed by atoms with E-state index in [0.717, 1.165) is 13.1 Å². The second-order valence-corrected chi connectivity index (χ2v) is 6.58. The maximum Gasteiger partial charge on any atom is 0.282 e. The zero-order chi connectivity index (χ0) is 16.9. The number of nitrogens with zero attached hydrogens (tertiary/aromatic N) is 2. The Hall–Kier alpha value is -2.25. The molecule has 126 valence electrons. The van der Waals surface area contributed by atoms with Crippen molar-refractivity contribution in [2.45, 2.75) is 18.9 Å². The number of nitro benzene ring substituents is 1. The summed E-state index contributed by atoms with van der Waals surface area (Å²) < 4.78 is 0. The molecule has 0 bridgehead atoms. The number of hydrogen-bond donors (Lipinski definition) is 1. The van der Waals surface area contributed by atoms with Crippen LogP contribution in [-0.2, 0) is 0 Å². The Morgan fingerprint density at radius 2 is 2.04 bits per heavy atom. The molecule has 1 unspecified atom stereocenters. The summed E-state index contributed by atoms with van der Waals surface area (Å²) in [6.45, 7) is 2.48. The number of benzene rings is 1. The first-order valence-electron chi connectivity index (χ1n) is 7.94. The van der Waals surface area contributed by atoms with E-state index in [1.165, 1.54) is 30.5 Å². The largest absolute Gasteiger partial charge is 0.350 e. The Balaban J connectivity index is 1.73. The zero-order valence-corrected chi connectivity index (χ0v) is 14.0. The number of hydrogen-bond acceptors (Lipinski definition) is 5. The van der Waals surface area contributed by atoms with Crippen molar-refractivity contribution < 1.29 is 9.72 Å². The van der Waals surface area contributed by atoms with Crippen LogP contribution in [0.15, 0.2) is 41.1 Å². The molecule has 6 nitrogen and oxygen atoms in total. The summed E-state index contributed by atoms with van der Waals surface area (Å²) in [7, 11) is 0. The molecule has 1 fully saturated rings. The molecule has 1 aromatic carbocycles. The van der Waals surface area contributed by atoms with Crippen LogP contribution in [0.5, 0.6) is 0 Å². The molecule has 1 aliphatic heterocycles. The van der Waals surface area contributed by atoms with Gasteiger partial charge in [-0.05, 0) is 54.4 Å². The monoisotopic (exact) mass is 345 g/mol. The van der Waals surface area contributed by atoms with Gasteiger partial charge >= 0.3 is 0 Å². The molecule has 2 aromatic rings. The van der Waals surface area contributed by atoms with E-state index in [4.69, 9.17) is 0 Å². The summed E-state index contributed by atoms with van der Waals surface area (Å²) >= 11 is 1.64. The molecule has 0 aliphatic carbocycles. The normalized spacial score (nSPS) is 16.0. The van der Waals surface area contributed by atoms with Crippen molar-refractivity contribution in [3.63, 3.8) is 0 Å². The van der Waals surface area contributed by atoms with Gasteiger partial charge in [0.25, 0.3) is 11.6 Å². The van der Waals surface area contributed by atoms with Crippen molar-refractivity contribution in [3.8, 4) is 0 Å². The molecular weight excluding hydrogens is 326 g/mol. The first-order valence-corrected chi connectivity index (χ1v) is 8.89. The topological polar surface area (TPSA) is 75.5 Å². The van der Waals surface area contributed by atoms with Gasteiger partial charge in [-0.3, -0.25) is 19.8 Å². The molecule has 1 atom stereocenters. The second-order valence-electron chi connectivity index (χ2n) is 5.80. The minimum Gasteiger partial charge on any atom is -0.350 e. The molecule has 0 saturated carbocycles.